The van der Waals surface area contributed by atoms with Crippen molar-refractivity contribution in [3.05, 3.63) is 23.8 Å². The molecule has 1 heterocycles. The van der Waals surface area contributed by atoms with E-state index in [0.717, 1.165) is 10.6 Å². The SMILES string of the molecule is CCSc1ccc(C(=O)O)c(O[C@H]2CCN(C(=O)OC(C)(C)C)C2)c1.S. The Labute approximate surface area is 165 Å². The highest BCUT2D eigenvalue weighted by atomic mass is 32.2. The van der Waals surface area contributed by atoms with Crippen LogP contribution in [0.3, 0.4) is 0 Å². The van der Waals surface area contributed by atoms with Crippen LogP contribution in [-0.4, -0.2) is 52.6 Å². The van der Waals surface area contributed by atoms with E-state index >= 15 is 0 Å². The van der Waals surface area contributed by atoms with Gasteiger partial charge in [-0.1, -0.05) is 6.92 Å². The minimum absolute atomic E-state index is 0. The van der Waals surface area contributed by atoms with E-state index in [0.29, 0.717) is 25.3 Å². The fourth-order valence-corrected chi connectivity index (χ4v) is 3.22. The molecule has 8 heteroatoms. The summed E-state index contributed by atoms with van der Waals surface area (Å²) in [4.78, 5) is 26.1. The zero-order chi connectivity index (χ0) is 18.6. The molecule has 0 unspecified atom stereocenters. The van der Waals surface area contributed by atoms with Crippen LogP contribution in [-0.2, 0) is 4.74 Å². The third-order valence-electron chi connectivity index (χ3n) is 3.58. The van der Waals surface area contributed by atoms with E-state index < -0.39 is 11.6 Å². The minimum atomic E-state index is -1.02. The molecule has 1 fully saturated rings. The van der Waals surface area contributed by atoms with Gasteiger partial charge in [-0.25, -0.2) is 9.59 Å². The zero-order valence-electron chi connectivity index (χ0n) is 15.6. The van der Waals surface area contributed by atoms with Gasteiger partial charge in [0.05, 0.1) is 6.54 Å². The number of likely N-dealkylation sites (tertiary alicyclic amines) is 1. The van der Waals surface area contributed by atoms with Crippen molar-refractivity contribution in [3.63, 3.8) is 0 Å². The van der Waals surface area contributed by atoms with Crippen molar-refractivity contribution >= 4 is 37.3 Å². The molecule has 1 aliphatic rings. The number of hydrogen-bond acceptors (Lipinski definition) is 5. The Morgan fingerprint density at radius 2 is 2.04 bits per heavy atom. The van der Waals surface area contributed by atoms with Crippen molar-refractivity contribution < 1.29 is 24.2 Å². The van der Waals surface area contributed by atoms with Gasteiger partial charge in [-0.05, 0) is 44.7 Å². The lowest BCUT2D eigenvalue weighted by Crippen LogP contribution is -2.36. The van der Waals surface area contributed by atoms with Gasteiger partial charge in [0.15, 0.2) is 0 Å². The molecule has 1 amide bonds. The van der Waals surface area contributed by atoms with Crippen molar-refractivity contribution in [1.82, 2.24) is 4.90 Å². The maximum Gasteiger partial charge on any atom is 0.410 e. The molecule has 1 aromatic rings. The number of carbonyl (C=O) groups is 2. The van der Waals surface area contributed by atoms with Gasteiger partial charge in [0.2, 0.25) is 0 Å². The number of ether oxygens (including phenoxy) is 2. The van der Waals surface area contributed by atoms with Gasteiger partial charge in [0, 0.05) is 17.9 Å². The number of aromatic carboxylic acids is 1. The number of rotatable bonds is 5. The average molecular weight is 402 g/mol. The van der Waals surface area contributed by atoms with E-state index in [1.807, 2.05) is 27.7 Å². The first kappa shape index (κ1) is 22.5. The number of hydrogen-bond donors (Lipinski definition) is 1. The van der Waals surface area contributed by atoms with Crippen LogP contribution in [0.1, 0.15) is 44.5 Å². The van der Waals surface area contributed by atoms with Crippen LogP contribution in [0, 0.1) is 0 Å². The summed E-state index contributed by atoms with van der Waals surface area (Å²) in [5.41, 5.74) is -0.408. The van der Waals surface area contributed by atoms with E-state index in [9.17, 15) is 14.7 Å². The second-order valence-corrected chi connectivity index (χ2v) is 8.19. The lowest BCUT2D eigenvalue weighted by Gasteiger charge is -2.24. The molecule has 0 aliphatic carbocycles. The molecule has 0 aromatic heterocycles. The molecular formula is C18H27NO5S2. The summed E-state index contributed by atoms with van der Waals surface area (Å²) >= 11 is 1.62. The second-order valence-electron chi connectivity index (χ2n) is 6.85. The Bertz CT molecular complexity index is 645. The van der Waals surface area contributed by atoms with Gasteiger partial charge in [-0.15, -0.1) is 11.8 Å². The normalized spacial score (nSPS) is 16.8. The van der Waals surface area contributed by atoms with Crippen LogP contribution in [0.4, 0.5) is 4.79 Å². The predicted octanol–water partition coefficient (Wildman–Crippen LogP) is 4.00. The summed E-state index contributed by atoms with van der Waals surface area (Å²) in [5.74, 6) is 0.217. The molecule has 0 radical (unpaired) electrons. The molecule has 0 spiro atoms. The predicted molar refractivity (Wildman–Crippen MR) is 107 cm³/mol. The molecule has 1 atom stereocenters. The molecule has 1 saturated heterocycles. The fraction of sp³-hybridized carbons (Fsp3) is 0.556. The molecule has 1 aliphatic heterocycles. The highest BCUT2D eigenvalue weighted by Crippen LogP contribution is 2.29. The van der Waals surface area contributed by atoms with E-state index in [1.165, 1.54) is 0 Å². The third kappa shape index (κ3) is 6.32. The van der Waals surface area contributed by atoms with Crippen LogP contribution < -0.4 is 4.74 Å². The highest BCUT2D eigenvalue weighted by Gasteiger charge is 2.31. The summed E-state index contributed by atoms with van der Waals surface area (Å²) in [6.07, 6.45) is 0.0311. The smallest absolute Gasteiger partial charge is 0.410 e. The summed E-state index contributed by atoms with van der Waals surface area (Å²) < 4.78 is 11.3. The zero-order valence-corrected chi connectivity index (χ0v) is 17.4. The van der Waals surface area contributed by atoms with Crippen molar-refractivity contribution in [3.8, 4) is 5.75 Å². The number of nitrogens with zero attached hydrogens (tertiary/aromatic N) is 1. The molecule has 26 heavy (non-hydrogen) atoms. The van der Waals surface area contributed by atoms with Crippen molar-refractivity contribution in [2.24, 2.45) is 0 Å². The van der Waals surface area contributed by atoms with E-state index in [-0.39, 0.29) is 31.3 Å². The maximum atomic E-state index is 12.1. The Morgan fingerprint density at radius 3 is 2.62 bits per heavy atom. The van der Waals surface area contributed by atoms with Crippen molar-refractivity contribution in [2.75, 3.05) is 18.8 Å². The molecule has 146 valence electrons. The highest BCUT2D eigenvalue weighted by molar-refractivity contribution is 7.99. The number of benzene rings is 1. The first-order valence-corrected chi connectivity index (χ1v) is 9.33. The molecule has 1 N–H and O–H groups in total. The standard InChI is InChI=1S/C18H25NO5S.H2S/c1-5-25-13-6-7-14(16(20)21)15(10-13)23-12-8-9-19(11-12)17(22)24-18(2,3)4;/h6-7,10,12H,5,8-9,11H2,1-4H3,(H,20,21);1H2/t12-;/m0./s1. The van der Waals surface area contributed by atoms with E-state index in [4.69, 9.17) is 9.47 Å². The van der Waals surface area contributed by atoms with E-state index in [1.54, 1.807) is 34.9 Å². The van der Waals surface area contributed by atoms with Crippen molar-refractivity contribution in [1.29, 1.82) is 0 Å². The summed E-state index contributed by atoms with van der Waals surface area (Å²) in [7, 11) is 0. The van der Waals surface area contributed by atoms with Gasteiger partial charge in [0.1, 0.15) is 23.0 Å². The quantitative estimate of drug-likeness (QED) is 0.752. The van der Waals surface area contributed by atoms with Gasteiger partial charge < -0.3 is 19.5 Å². The van der Waals surface area contributed by atoms with Crippen molar-refractivity contribution in [2.45, 2.75) is 50.7 Å². The lowest BCUT2D eigenvalue weighted by atomic mass is 10.2. The van der Waals surface area contributed by atoms with Crippen LogP contribution in [0.5, 0.6) is 5.75 Å². The van der Waals surface area contributed by atoms with Gasteiger partial charge >= 0.3 is 12.1 Å². The van der Waals surface area contributed by atoms with Crippen LogP contribution in [0.15, 0.2) is 23.1 Å². The molecule has 6 nitrogen and oxygen atoms in total. The molecule has 2 rings (SSSR count). The largest absolute Gasteiger partial charge is 0.488 e. The van der Waals surface area contributed by atoms with Gasteiger partial charge in [-0.2, -0.15) is 13.5 Å². The number of carbonyl (C=O) groups excluding carboxylic acids is 1. The van der Waals surface area contributed by atoms with Gasteiger partial charge in [0.25, 0.3) is 0 Å². The summed E-state index contributed by atoms with van der Waals surface area (Å²) in [6, 6.07) is 5.11. The number of carboxylic acid groups (broad SMARTS) is 1. The Kier molecular flexibility index (Phi) is 8.15. The van der Waals surface area contributed by atoms with Gasteiger partial charge in [-0.3, -0.25) is 0 Å². The summed E-state index contributed by atoms with van der Waals surface area (Å²) in [5, 5.41) is 9.36. The molecular weight excluding hydrogens is 374 g/mol. The lowest BCUT2D eigenvalue weighted by molar-refractivity contribution is 0.0274. The number of carboxylic acids is 1. The topological polar surface area (TPSA) is 76.1 Å². The number of amides is 1. The maximum absolute atomic E-state index is 12.1. The molecule has 1 aromatic carbocycles. The van der Waals surface area contributed by atoms with E-state index in [2.05, 4.69) is 0 Å². The fourth-order valence-electron chi connectivity index (χ4n) is 2.53. The number of thioether (sulfide) groups is 1. The minimum Gasteiger partial charge on any atom is -0.488 e. The second kappa shape index (κ2) is 9.41. The monoisotopic (exact) mass is 401 g/mol. The van der Waals surface area contributed by atoms with Crippen LogP contribution >= 0.6 is 25.3 Å². The Morgan fingerprint density at radius 1 is 1.35 bits per heavy atom. The third-order valence-corrected chi connectivity index (χ3v) is 4.46. The average Bonchev–Trinajstić information content (AvgIpc) is 2.94. The molecule has 0 saturated carbocycles. The Balaban J connectivity index is 0.00000338. The molecule has 0 bridgehead atoms. The first-order valence-electron chi connectivity index (χ1n) is 8.34. The summed E-state index contributed by atoms with van der Waals surface area (Å²) in [6.45, 7) is 8.43. The van der Waals surface area contributed by atoms with Crippen LogP contribution in [0.2, 0.25) is 0 Å². The first-order chi connectivity index (χ1) is 11.7. The Hall–Kier alpha value is -1.54. The van der Waals surface area contributed by atoms with Crippen LogP contribution in [0.25, 0.3) is 0 Å².